The lowest BCUT2D eigenvalue weighted by atomic mass is 10.0. The number of carbonyl (C=O) groups excluding carboxylic acids is 1. The summed E-state index contributed by atoms with van der Waals surface area (Å²) < 4.78 is 0. The van der Waals surface area contributed by atoms with Gasteiger partial charge in [0.15, 0.2) is 5.78 Å². The van der Waals surface area contributed by atoms with Crippen LogP contribution in [0.5, 0.6) is 0 Å². The number of rotatable bonds is 10. The smallest absolute Gasteiger partial charge is 0.181 e. The van der Waals surface area contributed by atoms with Gasteiger partial charge in [-0.25, -0.2) is 0 Å². The normalized spacial score (nSPS) is 14.3. The van der Waals surface area contributed by atoms with E-state index in [-0.39, 0.29) is 18.4 Å². The molecule has 0 radical (unpaired) electrons. The van der Waals surface area contributed by atoms with E-state index in [4.69, 9.17) is 5.11 Å². The molecular weight excluding hydrogens is 362 g/mol. The second-order valence-electron chi connectivity index (χ2n) is 7.54. The number of fused-ring (bicyclic) bond motifs is 1. The molecule has 3 rings (SSSR count). The maximum Gasteiger partial charge on any atom is 0.181 e. The van der Waals surface area contributed by atoms with Crippen molar-refractivity contribution in [3.05, 3.63) is 82.9 Å². The van der Waals surface area contributed by atoms with Crippen molar-refractivity contribution >= 4 is 17.4 Å². The van der Waals surface area contributed by atoms with E-state index >= 15 is 0 Å². The van der Waals surface area contributed by atoms with Gasteiger partial charge in [-0.3, -0.25) is 9.69 Å². The van der Waals surface area contributed by atoms with Crippen molar-refractivity contribution in [1.82, 2.24) is 4.90 Å². The summed E-state index contributed by atoms with van der Waals surface area (Å²) in [7, 11) is 0. The van der Waals surface area contributed by atoms with Gasteiger partial charge in [0, 0.05) is 19.1 Å². The lowest BCUT2D eigenvalue weighted by Gasteiger charge is -2.28. The molecule has 0 aromatic heterocycles. The lowest BCUT2D eigenvalue weighted by molar-refractivity contribution is -0.117. The van der Waals surface area contributed by atoms with E-state index in [1.165, 1.54) is 22.8 Å². The number of aliphatic hydroxyl groups excluding tert-OH is 2. The fourth-order valence-electron chi connectivity index (χ4n) is 3.64. The monoisotopic (exact) mass is 391 g/mol. The molecule has 1 atom stereocenters. The van der Waals surface area contributed by atoms with Gasteiger partial charge in [0.1, 0.15) is 6.61 Å². The summed E-state index contributed by atoms with van der Waals surface area (Å²) in [5.74, 6) is -0.306. The number of carbonyl (C=O) groups is 1. The topological polar surface area (TPSA) is 60.8 Å². The van der Waals surface area contributed by atoms with E-state index in [1.54, 1.807) is 6.08 Å². The van der Waals surface area contributed by atoms with E-state index in [0.717, 1.165) is 37.1 Å². The van der Waals surface area contributed by atoms with Gasteiger partial charge in [0.2, 0.25) is 0 Å². The molecule has 0 amide bonds. The van der Waals surface area contributed by atoms with Crippen molar-refractivity contribution in [2.45, 2.75) is 32.4 Å². The van der Waals surface area contributed by atoms with Crippen LogP contribution < -0.4 is 0 Å². The highest BCUT2D eigenvalue weighted by Crippen LogP contribution is 2.30. The molecular formula is C25H29NO3. The zero-order chi connectivity index (χ0) is 20.6. The van der Waals surface area contributed by atoms with E-state index in [1.807, 2.05) is 24.3 Å². The molecule has 4 nitrogen and oxygen atoms in total. The molecule has 2 N–H and O–H groups in total. The van der Waals surface area contributed by atoms with Crippen molar-refractivity contribution in [1.29, 1.82) is 0 Å². The average Bonchev–Trinajstić information content (AvgIpc) is 3.18. The Kier molecular flexibility index (Phi) is 7.53. The van der Waals surface area contributed by atoms with Gasteiger partial charge < -0.3 is 10.2 Å². The minimum Gasteiger partial charge on any atom is -0.395 e. The van der Waals surface area contributed by atoms with Crippen molar-refractivity contribution in [2.24, 2.45) is 0 Å². The summed E-state index contributed by atoms with van der Waals surface area (Å²) in [4.78, 5) is 13.5. The van der Waals surface area contributed by atoms with E-state index in [9.17, 15) is 9.90 Å². The van der Waals surface area contributed by atoms with Gasteiger partial charge in [-0.1, -0.05) is 60.7 Å². The summed E-state index contributed by atoms with van der Waals surface area (Å²) >= 11 is 0. The number of hydrogen-bond donors (Lipinski definition) is 2. The largest absolute Gasteiger partial charge is 0.395 e. The van der Waals surface area contributed by atoms with Crippen LogP contribution in [0.15, 0.2) is 60.7 Å². The Morgan fingerprint density at radius 3 is 2.62 bits per heavy atom. The van der Waals surface area contributed by atoms with Crippen LogP contribution in [0.3, 0.4) is 0 Å². The minimum atomic E-state index is -0.469. The molecule has 1 aliphatic rings. The first-order valence-corrected chi connectivity index (χ1v) is 10.1. The first-order valence-electron chi connectivity index (χ1n) is 10.1. The Morgan fingerprint density at radius 1 is 1.14 bits per heavy atom. The van der Waals surface area contributed by atoms with Crippen LogP contribution in [0.25, 0.3) is 11.6 Å². The molecule has 0 spiro atoms. The Labute approximate surface area is 172 Å². The zero-order valence-corrected chi connectivity index (χ0v) is 16.9. The molecule has 4 heteroatoms. The minimum absolute atomic E-state index is 0.0778. The summed E-state index contributed by atoms with van der Waals surface area (Å²) in [5, 5.41) is 18.5. The fourth-order valence-corrected chi connectivity index (χ4v) is 3.64. The molecule has 0 heterocycles. The van der Waals surface area contributed by atoms with Crippen molar-refractivity contribution in [3.63, 3.8) is 0 Å². The third-order valence-electron chi connectivity index (χ3n) is 5.47. The van der Waals surface area contributed by atoms with Crippen molar-refractivity contribution in [3.8, 4) is 0 Å². The summed E-state index contributed by atoms with van der Waals surface area (Å²) in [5.41, 5.74) is 6.23. The van der Waals surface area contributed by atoms with Gasteiger partial charge in [-0.2, -0.15) is 0 Å². The second kappa shape index (κ2) is 10.3. The highest BCUT2D eigenvalue weighted by molar-refractivity contribution is 5.94. The van der Waals surface area contributed by atoms with Gasteiger partial charge >= 0.3 is 0 Å². The quantitative estimate of drug-likeness (QED) is 0.609. The number of hydrogen-bond acceptors (Lipinski definition) is 4. The van der Waals surface area contributed by atoms with Crippen LogP contribution >= 0.6 is 0 Å². The van der Waals surface area contributed by atoms with Gasteiger partial charge in [0.25, 0.3) is 0 Å². The molecule has 0 saturated carbocycles. The summed E-state index contributed by atoms with van der Waals surface area (Å²) in [6.07, 6.45) is 7.39. The van der Waals surface area contributed by atoms with Crippen LogP contribution in [-0.2, 0) is 17.8 Å². The van der Waals surface area contributed by atoms with Gasteiger partial charge in [-0.15, -0.1) is 0 Å². The molecule has 0 fully saturated rings. The van der Waals surface area contributed by atoms with Gasteiger partial charge in [0.05, 0.1) is 6.61 Å². The van der Waals surface area contributed by atoms with Crippen LogP contribution in [0, 0.1) is 0 Å². The molecule has 0 saturated heterocycles. The highest BCUT2D eigenvalue weighted by Gasteiger charge is 2.17. The zero-order valence-electron chi connectivity index (χ0n) is 16.9. The maximum absolute atomic E-state index is 11.2. The molecule has 1 unspecified atom stereocenters. The number of nitrogens with zero attached hydrogens (tertiary/aromatic N) is 1. The molecule has 1 aliphatic carbocycles. The molecule has 2 aromatic rings. The number of benzene rings is 2. The van der Waals surface area contributed by atoms with Crippen molar-refractivity contribution < 1.29 is 15.0 Å². The Morgan fingerprint density at radius 2 is 1.90 bits per heavy atom. The Hall–Kier alpha value is -2.53. The molecule has 152 valence electrons. The molecule has 0 aliphatic heterocycles. The lowest BCUT2D eigenvalue weighted by Crippen LogP contribution is -2.36. The van der Waals surface area contributed by atoms with E-state index in [0.29, 0.717) is 0 Å². The first kappa shape index (κ1) is 21.2. The first-order chi connectivity index (χ1) is 14.1. The number of aliphatic hydroxyl groups is 2. The third-order valence-corrected chi connectivity index (χ3v) is 5.47. The maximum atomic E-state index is 11.2. The third kappa shape index (κ3) is 5.73. The second-order valence-corrected chi connectivity index (χ2v) is 7.54. The van der Waals surface area contributed by atoms with E-state index < -0.39 is 6.61 Å². The molecule has 0 bridgehead atoms. The number of ketones is 1. The summed E-state index contributed by atoms with van der Waals surface area (Å²) in [6, 6.07) is 16.7. The predicted octanol–water partition coefficient (Wildman–Crippen LogP) is 3.47. The molecule has 2 aromatic carbocycles. The fraction of sp³-hybridized carbons (Fsp3) is 0.320. The Balaban J connectivity index is 1.62. The SMILES string of the molecule is CC(CO)N(CCC1=CCc2ccccc21)Cc1ccc(/C=C/C(=O)CO)cc1. The summed E-state index contributed by atoms with van der Waals surface area (Å²) in [6.45, 7) is 3.35. The standard InChI is InChI=1S/C25H29NO3/c1-19(17-27)26(15-14-23-12-11-22-4-2-3-5-25(22)23)16-21-8-6-20(7-9-21)10-13-24(29)18-28/h2-10,12-13,19,27-28H,11,14-18H2,1H3/b13-10+. The van der Waals surface area contributed by atoms with Gasteiger partial charge in [-0.05, 0) is 53.7 Å². The Bertz CT molecular complexity index is 883. The molecule has 29 heavy (non-hydrogen) atoms. The van der Waals surface area contributed by atoms with Crippen molar-refractivity contribution in [2.75, 3.05) is 19.8 Å². The number of allylic oxidation sites excluding steroid dienone is 1. The van der Waals surface area contributed by atoms with E-state index in [2.05, 4.69) is 42.2 Å². The average molecular weight is 392 g/mol. The highest BCUT2D eigenvalue weighted by atomic mass is 16.3. The van der Waals surface area contributed by atoms with Crippen LogP contribution in [-0.4, -0.2) is 46.7 Å². The van der Waals surface area contributed by atoms with Crippen LogP contribution in [0.1, 0.15) is 35.6 Å². The van der Waals surface area contributed by atoms with Crippen LogP contribution in [0.2, 0.25) is 0 Å². The predicted molar refractivity (Wildman–Crippen MR) is 117 cm³/mol. The van der Waals surface area contributed by atoms with Crippen LogP contribution in [0.4, 0.5) is 0 Å².